The van der Waals surface area contributed by atoms with Gasteiger partial charge in [-0.1, -0.05) is 17.7 Å². The number of amides is 2. The largest absolute Gasteiger partial charge is 0.493 e. The van der Waals surface area contributed by atoms with Crippen LogP contribution in [-0.2, 0) is 9.59 Å². The van der Waals surface area contributed by atoms with Crippen molar-refractivity contribution in [3.05, 3.63) is 53.1 Å². The second-order valence-electron chi connectivity index (χ2n) is 6.22. The van der Waals surface area contributed by atoms with Gasteiger partial charge >= 0.3 is 0 Å². The molecule has 1 N–H and O–H groups in total. The third-order valence-electron chi connectivity index (χ3n) is 4.43. The second kappa shape index (κ2) is 8.32. The number of carbonyl (C=O) groups is 2. The summed E-state index contributed by atoms with van der Waals surface area (Å²) in [7, 11) is 4.46. The Morgan fingerprint density at radius 1 is 0.931 bits per heavy atom. The Hall–Kier alpha value is -3.39. The summed E-state index contributed by atoms with van der Waals surface area (Å²) in [6, 6.07) is 10.6. The van der Waals surface area contributed by atoms with Crippen LogP contribution in [0.5, 0.6) is 17.2 Å². The zero-order valence-corrected chi connectivity index (χ0v) is 17.3. The molecule has 2 aromatic carbocycles. The first-order valence-electron chi connectivity index (χ1n) is 8.68. The van der Waals surface area contributed by atoms with Crippen molar-refractivity contribution < 1.29 is 23.8 Å². The van der Waals surface area contributed by atoms with E-state index in [0.29, 0.717) is 28.5 Å². The number of nitrogens with one attached hydrogen (secondary N) is 1. The lowest BCUT2D eigenvalue weighted by Gasteiger charge is -2.29. The fourth-order valence-corrected chi connectivity index (χ4v) is 3.26. The van der Waals surface area contributed by atoms with Crippen LogP contribution in [0.1, 0.15) is 11.1 Å². The number of hydrogen-bond acceptors (Lipinski definition) is 6. The van der Waals surface area contributed by atoms with Gasteiger partial charge in [0, 0.05) is 5.56 Å². The summed E-state index contributed by atoms with van der Waals surface area (Å²) in [6.07, 6.45) is 1.45. The first-order valence-corrected chi connectivity index (χ1v) is 9.09. The van der Waals surface area contributed by atoms with Gasteiger partial charge in [0.2, 0.25) is 5.75 Å². The fourth-order valence-electron chi connectivity index (χ4n) is 2.98. The monoisotopic (exact) mass is 412 g/mol. The molecule has 1 heterocycles. The molecular formula is C21H20N2O5S. The Morgan fingerprint density at radius 2 is 1.59 bits per heavy atom. The van der Waals surface area contributed by atoms with Crippen molar-refractivity contribution in [3.8, 4) is 17.2 Å². The lowest BCUT2D eigenvalue weighted by Crippen LogP contribution is -2.54. The molecular weight excluding hydrogens is 392 g/mol. The molecule has 1 fully saturated rings. The maximum atomic E-state index is 13.1. The molecule has 0 atom stereocenters. The average Bonchev–Trinajstić information content (AvgIpc) is 2.71. The van der Waals surface area contributed by atoms with Crippen LogP contribution in [0, 0.1) is 6.92 Å². The highest BCUT2D eigenvalue weighted by molar-refractivity contribution is 7.80. The van der Waals surface area contributed by atoms with E-state index in [-0.39, 0.29) is 10.7 Å². The highest BCUT2D eigenvalue weighted by Crippen LogP contribution is 2.40. The number of benzene rings is 2. The molecule has 0 bridgehead atoms. The molecule has 1 aliphatic rings. The van der Waals surface area contributed by atoms with E-state index in [2.05, 4.69) is 5.32 Å². The van der Waals surface area contributed by atoms with Crippen molar-refractivity contribution in [2.24, 2.45) is 0 Å². The van der Waals surface area contributed by atoms with Gasteiger partial charge in [-0.2, -0.15) is 0 Å². The molecule has 29 heavy (non-hydrogen) atoms. The number of methoxy groups -OCH3 is 3. The molecule has 0 spiro atoms. The van der Waals surface area contributed by atoms with Crippen LogP contribution in [0.3, 0.4) is 0 Å². The molecule has 8 heteroatoms. The van der Waals surface area contributed by atoms with Crippen LogP contribution in [0.4, 0.5) is 5.69 Å². The Labute approximate surface area is 173 Å². The van der Waals surface area contributed by atoms with Crippen molar-refractivity contribution in [1.82, 2.24) is 5.32 Å². The molecule has 7 nitrogen and oxygen atoms in total. The summed E-state index contributed by atoms with van der Waals surface area (Å²) in [5, 5.41) is 2.59. The van der Waals surface area contributed by atoms with Gasteiger partial charge in [0.25, 0.3) is 11.8 Å². The number of thiocarbonyl (C=S) groups is 1. The molecule has 0 unspecified atom stereocenters. The van der Waals surface area contributed by atoms with Crippen molar-refractivity contribution in [2.75, 3.05) is 26.2 Å². The van der Waals surface area contributed by atoms with E-state index >= 15 is 0 Å². The van der Waals surface area contributed by atoms with E-state index in [4.69, 9.17) is 26.4 Å². The van der Waals surface area contributed by atoms with Crippen molar-refractivity contribution in [3.63, 3.8) is 0 Å². The minimum absolute atomic E-state index is 0.0280. The number of nitrogens with zero attached hydrogens (tertiary/aromatic N) is 1. The van der Waals surface area contributed by atoms with Crippen LogP contribution in [0.2, 0.25) is 0 Å². The molecule has 2 amide bonds. The summed E-state index contributed by atoms with van der Waals surface area (Å²) in [4.78, 5) is 26.9. The minimum atomic E-state index is -0.583. The topological polar surface area (TPSA) is 77.1 Å². The van der Waals surface area contributed by atoms with Gasteiger partial charge in [-0.15, -0.1) is 0 Å². The SMILES string of the molecule is COc1ccc(C=C2C(=O)NC(=S)N(c3ccc(C)cc3)C2=O)c(OC)c1OC. The second-order valence-corrected chi connectivity index (χ2v) is 6.60. The first-order chi connectivity index (χ1) is 13.9. The molecule has 0 saturated carbocycles. The van der Waals surface area contributed by atoms with E-state index < -0.39 is 11.8 Å². The fraction of sp³-hybridized carbons (Fsp3) is 0.190. The summed E-state index contributed by atoms with van der Waals surface area (Å²) in [6.45, 7) is 1.94. The predicted octanol–water partition coefficient (Wildman–Crippen LogP) is 2.85. The third-order valence-corrected chi connectivity index (χ3v) is 4.71. The maximum Gasteiger partial charge on any atom is 0.270 e. The highest BCUT2D eigenvalue weighted by atomic mass is 32.1. The Balaban J connectivity index is 2.08. The number of anilines is 1. The van der Waals surface area contributed by atoms with E-state index in [0.717, 1.165) is 5.56 Å². The molecule has 150 valence electrons. The number of aryl methyl sites for hydroxylation is 1. The average molecular weight is 412 g/mol. The number of ether oxygens (including phenoxy) is 3. The van der Waals surface area contributed by atoms with Crippen LogP contribution in [0.15, 0.2) is 42.0 Å². The highest BCUT2D eigenvalue weighted by Gasteiger charge is 2.34. The molecule has 1 saturated heterocycles. The molecule has 3 rings (SSSR count). The van der Waals surface area contributed by atoms with Crippen molar-refractivity contribution in [2.45, 2.75) is 6.92 Å². The smallest absolute Gasteiger partial charge is 0.270 e. The Morgan fingerprint density at radius 3 is 2.17 bits per heavy atom. The Kier molecular flexibility index (Phi) is 5.84. The number of hydrogen-bond donors (Lipinski definition) is 1. The molecule has 0 radical (unpaired) electrons. The number of carbonyl (C=O) groups excluding carboxylic acids is 2. The third kappa shape index (κ3) is 3.79. The van der Waals surface area contributed by atoms with Gasteiger partial charge in [-0.3, -0.25) is 19.8 Å². The van der Waals surface area contributed by atoms with Crippen LogP contribution < -0.4 is 24.4 Å². The van der Waals surface area contributed by atoms with E-state index in [1.807, 2.05) is 19.1 Å². The van der Waals surface area contributed by atoms with Gasteiger partial charge in [-0.25, -0.2) is 0 Å². The van der Waals surface area contributed by atoms with Gasteiger partial charge in [0.05, 0.1) is 27.0 Å². The van der Waals surface area contributed by atoms with Gasteiger partial charge < -0.3 is 14.2 Å². The van der Waals surface area contributed by atoms with Crippen molar-refractivity contribution >= 4 is 40.9 Å². The zero-order chi connectivity index (χ0) is 21.1. The van der Waals surface area contributed by atoms with Gasteiger partial charge in [-0.05, 0) is 49.5 Å². The van der Waals surface area contributed by atoms with E-state index in [1.54, 1.807) is 24.3 Å². The van der Waals surface area contributed by atoms with Crippen LogP contribution >= 0.6 is 12.2 Å². The summed E-state index contributed by atoms with van der Waals surface area (Å²) >= 11 is 5.22. The minimum Gasteiger partial charge on any atom is -0.493 e. The van der Waals surface area contributed by atoms with Gasteiger partial charge in [0.1, 0.15) is 5.57 Å². The van der Waals surface area contributed by atoms with Gasteiger partial charge in [0.15, 0.2) is 16.6 Å². The normalized spacial score (nSPS) is 15.4. The Bertz CT molecular complexity index is 1010. The summed E-state index contributed by atoms with van der Waals surface area (Å²) in [5.41, 5.74) is 2.01. The zero-order valence-electron chi connectivity index (χ0n) is 16.4. The predicted molar refractivity (Wildman–Crippen MR) is 113 cm³/mol. The van der Waals surface area contributed by atoms with Crippen LogP contribution in [0.25, 0.3) is 6.08 Å². The first kappa shape index (κ1) is 20.3. The lowest BCUT2D eigenvalue weighted by atomic mass is 10.0. The lowest BCUT2D eigenvalue weighted by molar-refractivity contribution is -0.122. The maximum absolute atomic E-state index is 13.1. The molecule has 0 aliphatic carbocycles. The van der Waals surface area contributed by atoms with E-state index in [1.165, 1.54) is 32.3 Å². The summed E-state index contributed by atoms with van der Waals surface area (Å²) in [5.74, 6) is 0.0573. The molecule has 2 aromatic rings. The van der Waals surface area contributed by atoms with Crippen molar-refractivity contribution in [1.29, 1.82) is 0 Å². The molecule has 1 aliphatic heterocycles. The molecule has 0 aromatic heterocycles. The van der Waals surface area contributed by atoms with Crippen LogP contribution in [-0.4, -0.2) is 38.3 Å². The summed E-state index contributed by atoms with van der Waals surface area (Å²) < 4.78 is 16.1. The quantitative estimate of drug-likeness (QED) is 0.462. The van der Waals surface area contributed by atoms with E-state index in [9.17, 15) is 9.59 Å². The standard InChI is InChI=1S/C21H20N2O5S/c1-12-5-8-14(9-6-12)23-20(25)15(19(24)22-21(23)29)11-13-7-10-16(26-2)18(28-4)17(13)27-3/h5-11H,1-4H3,(H,22,24,29). The number of rotatable bonds is 5.